The third kappa shape index (κ3) is 2.73. The lowest BCUT2D eigenvalue weighted by Crippen LogP contribution is -2.21. The molecule has 0 fully saturated rings. The number of nitrogens with one attached hydrogen (secondary N) is 1. The summed E-state index contributed by atoms with van der Waals surface area (Å²) in [7, 11) is 0. The Bertz CT molecular complexity index is 525. The van der Waals surface area contributed by atoms with Crippen LogP contribution >= 0.6 is 0 Å². The normalized spacial score (nSPS) is 12.1. The number of hydrogen-bond acceptors (Lipinski definition) is 5. The predicted molar refractivity (Wildman–Crippen MR) is 66.9 cm³/mol. The number of carbonyl (C=O) groups is 1. The summed E-state index contributed by atoms with van der Waals surface area (Å²) in [6, 6.07) is 8.47. The molecule has 94 valence electrons. The quantitative estimate of drug-likeness (QED) is 0.742. The maximum Gasteiger partial charge on any atom is 0.294 e. The Morgan fingerprint density at radius 2 is 2.28 bits per heavy atom. The molecular weight excluding hydrogens is 232 g/mol. The second kappa shape index (κ2) is 5.44. The van der Waals surface area contributed by atoms with Crippen LogP contribution < -0.4 is 16.8 Å². The molecule has 6 nitrogen and oxygen atoms in total. The second-order valence-corrected chi connectivity index (χ2v) is 3.80. The van der Waals surface area contributed by atoms with Crippen molar-refractivity contribution in [3.05, 3.63) is 47.9 Å². The summed E-state index contributed by atoms with van der Waals surface area (Å²) >= 11 is 0. The van der Waals surface area contributed by atoms with Crippen molar-refractivity contribution >= 4 is 11.6 Å². The molecule has 1 atom stereocenters. The Balaban J connectivity index is 2.12. The second-order valence-electron chi connectivity index (χ2n) is 3.80. The van der Waals surface area contributed by atoms with Gasteiger partial charge in [0.25, 0.3) is 5.91 Å². The standard InChI is InChI=1S/C12H14N4O2/c13-7-10(14)8-2-1-3-9(6-8)16-12(17)11-4-5-15-18-11/h1-6,10H,7,13-14H2,(H,16,17)/t10-/m1/s1. The van der Waals surface area contributed by atoms with Crippen molar-refractivity contribution < 1.29 is 9.32 Å². The van der Waals surface area contributed by atoms with Gasteiger partial charge in [0.15, 0.2) is 0 Å². The highest BCUT2D eigenvalue weighted by atomic mass is 16.5. The Labute approximate surface area is 104 Å². The van der Waals surface area contributed by atoms with Crippen molar-refractivity contribution in [3.63, 3.8) is 0 Å². The molecule has 6 heteroatoms. The van der Waals surface area contributed by atoms with Crippen molar-refractivity contribution in [1.29, 1.82) is 0 Å². The van der Waals surface area contributed by atoms with Crippen LogP contribution in [0, 0.1) is 0 Å². The number of nitrogens with two attached hydrogens (primary N) is 2. The third-order valence-electron chi connectivity index (χ3n) is 2.49. The SMILES string of the molecule is NC[C@@H](N)c1cccc(NC(=O)c2ccno2)c1. The first-order valence-corrected chi connectivity index (χ1v) is 5.48. The molecule has 0 spiro atoms. The number of anilines is 1. The first-order valence-electron chi connectivity index (χ1n) is 5.48. The fraction of sp³-hybridized carbons (Fsp3) is 0.167. The van der Waals surface area contributed by atoms with Gasteiger partial charge in [0.2, 0.25) is 5.76 Å². The zero-order chi connectivity index (χ0) is 13.0. The molecule has 2 aromatic rings. The summed E-state index contributed by atoms with van der Waals surface area (Å²) < 4.78 is 4.76. The number of carbonyl (C=O) groups excluding carboxylic acids is 1. The smallest absolute Gasteiger partial charge is 0.294 e. The van der Waals surface area contributed by atoms with Crippen LogP contribution in [0.2, 0.25) is 0 Å². The zero-order valence-corrected chi connectivity index (χ0v) is 9.67. The van der Waals surface area contributed by atoms with Crippen LogP contribution in [0.3, 0.4) is 0 Å². The van der Waals surface area contributed by atoms with Gasteiger partial charge < -0.3 is 21.3 Å². The molecular formula is C12H14N4O2. The lowest BCUT2D eigenvalue weighted by molar-refractivity contribution is 0.0988. The highest BCUT2D eigenvalue weighted by Gasteiger charge is 2.11. The molecule has 1 amide bonds. The zero-order valence-electron chi connectivity index (χ0n) is 9.67. The summed E-state index contributed by atoms with van der Waals surface area (Å²) in [5.74, 6) is -0.200. The highest BCUT2D eigenvalue weighted by Crippen LogP contribution is 2.16. The van der Waals surface area contributed by atoms with E-state index in [4.69, 9.17) is 16.0 Å². The van der Waals surface area contributed by atoms with E-state index in [0.29, 0.717) is 12.2 Å². The average molecular weight is 246 g/mol. The molecule has 0 radical (unpaired) electrons. The van der Waals surface area contributed by atoms with E-state index in [1.165, 1.54) is 12.3 Å². The molecule has 1 aromatic heterocycles. The van der Waals surface area contributed by atoms with Gasteiger partial charge in [0, 0.05) is 24.3 Å². The average Bonchev–Trinajstić information content (AvgIpc) is 2.92. The Hall–Kier alpha value is -2.18. The molecule has 0 saturated carbocycles. The van der Waals surface area contributed by atoms with Gasteiger partial charge >= 0.3 is 0 Å². The van der Waals surface area contributed by atoms with Crippen molar-refractivity contribution in [3.8, 4) is 0 Å². The first kappa shape index (κ1) is 12.3. The molecule has 0 aliphatic rings. The Morgan fingerprint density at radius 1 is 1.44 bits per heavy atom. The van der Waals surface area contributed by atoms with Gasteiger partial charge in [-0.15, -0.1) is 0 Å². The summed E-state index contributed by atoms with van der Waals surface area (Å²) in [5, 5.41) is 6.17. The van der Waals surface area contributed by atoms with E-state index >= 15 is 0 Å². The fourth-order valence-corrected chi connectivity index (χ4v) is 1.51. The molecule has 18 heavy (non-hydrogen) atoms. The van der Waals surface area contributed by atoms with E-state index in [0.717, 1.165) is 5.56 Å². The van der Waals surface area contributed by atoms with E-state index in [2.05, 4.69) is 10.5 Å². The van der Waals surface area contributed by atoms with Gasteiger partial charge in [-0.25, -0.2) is 0 Å². The number of benzene rings is 1. The maximum atomic E-state index is 11.7. The number of rotatable bonds is 4. The van der Waals surface area contributed by atoms with Gasteiger partial charge in [0.05, 0.1) is 6.20 Å². The highest BCUT2D eigenvalue weighted by molar-refractivity contribution is 6.02. The predicted octanol–water partition coefficient (Wildman–Crippen LogP) is 0.885. The minimum Gasteiger partial charge on any atom is -0.351 e. The number of aromatic nitrogens is 1. The molecule has 0 saturated heterocycles. The molecule has 0 aliphatic heterocycles. The van der Waals surface area contributed by atoms with Gasteiger partial charge in [-0.1, -0.05) is 17.3 Å². The van der Waals surface area contributed by atoms with Gasteiger partial charge in [0.1, 0.15) is 0 Å². The van der Waals surface area contributed by atoms with Crippen molar-refractivity contribution in [2.45, 2.75) is 6.04 Å². The molecule has 1 heterocycles. The molecule has 5 N–H and O–H groups in total. The third-order valence-corrected chi connectivity index (χ3v) is 2.49. The van der Waals surface area contributed by atoms with Crippen LogP contribution in [0.4, 0.5) is 5.69 Å². The van der Waals surface area contributed by atoms with Gasteiger partial charge in [-0.3, -0.25) is 4.79 Å². The fourth-order valence-electron chi connectivity index (χ4n) is 1.51. The molecule has 0 aliphatic carbocycles. The van der Waals surface area contributed by atoms with Crippen LogP contribution in [0.25, 0.3) is 0 Å². The maximum absolute atomic E-state index is 11.7. The van der Waals surface area contributed by atoms with Crippen LogP contribution in [0.15, 0.2) is 41.1 Å². The van der Waals surface area contributed by atoms with Crippen LogP contribution in [0.5, 0.6) is 0 Å². The van der Waals surface area contributed by atoms with E-state index in [1.54, 1.807) is 18.2 Å². The van der Waals surface area contributed by atoms with E-state index in [1.807, 2.05) is 6.07 Å². The minimum absolute atomic E-state index is 0.156. The van der Waals surface area contributed by atoms with Crippen molar-refractivity contribution in [2.75, 3.05) is 11.9 Å². The topological polar surface area (TPSA) is 107 Å². The molecule has 0 unspecified atom stereocenters. The van der Waals surface area contributed by atoms with E-state index in [-0.39, 0.29) is 17.7 Å². The van der Waals surface area contributed by atoms with E-state index < -0.39 is 0 Å². The van der Waals surface area contributed by atoms with Crippen LogP contribution in [0.1, 0.15) is 22.2 Å². The lowest BCUT2D eigenvalue weighted by Gasteiger charge is -2.11. The molecule has 2 rings (SSSR count). The minimum atomic E-state index is -0.356. The van der Waals surface area contributed by atoms with E-state index in [9.17, 15) is 4.79 Å². The van der Waals surface area contributed by atoms with Gasteiger partial charge in [-0.2, -0.15) is 0 Å². The number of nitrogens with zero attached hydrogens (tertiary/aromatic N) is 1. The number of amides is 1. The first-order chi connectivity index (χ1) is 8.70. The van der Waals surface area contributed by atoms with Crippen molar-refractivity contribution in [2.24, 2.45) is 11.5 Å². The summed E-state index contributed by atoms with van der Waals surface area (Å²) in [6.45, 7) is 0.347. The van der Waals surface area contributed by atoms with Crippen molar-refractivity contribution in [1.82, 2.24) is 5.16 Å². The summed E-state index contributed by atoms with van der Waals surface area (Å²) in [6.07, 6.45) is 1.41. The Morgan fingerprint density at radius 3 is 2.94 bits per heavy atom. The summed E-state index contributed by atoms with van der Waals surface area (Å²) in [4.78, 5) is 11.7. The molecule has 0 bridgehead atoms. The lowest BCUT2D eigenvalue weighted by atomic mass is 10.1. The largest absolute Gasteiger partial charge is 0.351 e. The van der Waals surface area contributed by atoms with Crippen LogP contribution in [-0.2, 0) is 0 Å². The monoisotopic (exact) mass is 246 g/mol. The van der Waals surface area contributed by atoms with Gasteiger partial charge in [-0.05, 0) is 17.7 Å². The molecule has 1 aromatic carbocycles. The summed E-state index contributed by atoms with van der Waals surface area (Å²) in [5.41, 5.74) is 12.8. The number of hydrogen-bond donors (Lipinski definition) is 3. The Kier molecular flexibility index (Phi) is 3.71. The van der Waals surface area contributed by atoms with Crippen LogP contribution in [-0.4, -0.2) is 17.6 Å².